The van der Waals surface area contributed by atoms with Gasteiger partial charge in [0.2, 0.25) is 0 Å². The zero-order valence-corrected chi connectivity index (χ0v) is 22.7. The molecule has 0 spiro atoms. The normalized spacial score (nSPS) is 11.6. The lowest BCUT2D eigenvalue weighted by Gasteiger charge is -2.14. The highest BCUT2D eigenvalue weighted by atomic mass is 32.2. The minimum atomic E-state index is -3.95. The summed E-state index contributed by atoms with van der Waals surface area (Å²) in [5, 5.41) is 2.68. The molecule has 0 unspecified atom stereocenters. The lowest BCUT2D eigenvalue weighted by atomic mass is 10.1. The number of hydrogen-bond acceptors (Lipinski definition) is 5. The van der Waals surface area contributed by atoms with Gasteiger partial charge in [0, 0.05) is 16.9 Å². The van der Waals surface area contributed by atoms with E-state index in [9.17, 15) is 21.6 Å². The first kappa shape index (κ1) is 26.9. The van der Waals surface area contributed by atoms with Crippen LogP contribution in [0.5, 0.6) is 0 Å². The Balaban J connectivity index is 1.50. The molecule has 1 amide bonds. The molecule has 0 bridgehead atoms. The van der Waals surface area contributed by atoms with E-state index in [1.54, 1.807) is 62.4 Å². The van der Waals surface area contributed by atoms with E-state index in [4.69, 9.17) is 0 Å². The van der Waals surface area contributed by atoms with Crippen molar-refractivity contribution in [3.63, 3.8) is 0 Å². The third kappa shape index (κ3) is 6.21. The van der Waals surface area contributed by atoms with Crippen LogP contribution in [0.4, 0.5) is 17.1 Å². The molecule has 4 aromatic rings. The molecule has 10 heteroatoms. The van der Waals surface area contributed by atoms with Gasteiger partial charge in [0.25, 0.3) is 26.0 Å². The van der Waals surface area contributed by atoms with Gasteiger partial charge in [-0.2, -0.15) is 0 Å². The highest BCUT2D eigenvalue weighted by molar-refractivity contribution is 7.93. The molecule has 38 heavy (non-hydrogen) atoms. The molecule has 0 saturated heterocycles. The Labute approximate surface area is 222 Å². The molecule has 0 fully saturated rings. The minimum absolute atomic E-state index is 0.0166. The van der Waals surface area contributed by atoms with E-state index in [0.29, 0.717) is 22.6 Å². The van der Waals surface area contributed by atoms with Crippen LogP contribution in [0.1, 0.15) is 27.0 Å². The molecule has 0 heterocycles. The molecule has 0 aliphatic carbocycles. The van der Waals surface area contributed by atoms with Gasteiger partial charge in [-0.3, -0.25) is 14.2 Å². The quantitative estimate of drug-likeness (QED) is 0.269. The first-order valence-corrected chi connectivity index (χ1v) is 14.6. The molecule has 0 radical (unpaired) electrons. The molecule has 3 N–H and O–H groups in total. The minimum Gasteiger partial charge on any atom is -0.322 e. The third-order valence-electron chi connectivity index (χ3n) is 5.86. The van der Waals surface area contributed by atoms with E-state index in [2.05, 4.69) is 14.8 Å². The number of anilines is 3. The van der Waals surface area contributed by atoms with Crippen LogP contribution in [0.2, 0.25) is 0 Å². The highest BCUT2D eigenvalue weighted by Gasteiger charge is 2.20. The number of carbonyl (C=O) groups excluding carboxylic acids is 1. The maximum absolute atomic E-state index is 13.1. The first-order chi connectivity index (χ1) is 17.9. The van der Waals surface area contributed by atoms with Crippen molar-refractivity contribution in [3.8, 4) is 0 Å². The van der Waals surface area contributed by atoms with Gasteiger partial charge in [-0.15, -0.1) is 0 Å². The van der Waals surface area contributed by atoms with Gasteiger partial charge in [0.1, 0.15) is 0 Å². The molecular formula is C28H27N3O5S2. The largest absolute Gasteiger partial charge is 0.322 e. The third-order valence-corrected chi connectivity index (χ3v) is 8.76. The lowest BCUT2D eigenvalue weighted by molar-refractivity contribution is 0.102. The summed E-state index contributed by atoms with van der Waals surface area (Å²) in [6, 6.07) is 24.1. The zero-order valence-electron chi connectivity index (χ0n) is 21.0. The number of sulfonamides is 2. The van der Waals surface area contributed by atoms with Crippen LogP contribution in [0.3, 0.4) is 0 Å². The van der Waals surface area contributed by atoms with Crippen molar-refractivity contribution in [2.75, 3.05) is 14.8 Å². The van der Waals surface area contributed by atoms with Crippen molar-refractivity contribution < 1.29 is 21.6 Å². The van der Waals surface area contributed by atoms with E-state index in [-0.39, 0.29) is 15.4 Å². The van der Waals surface area contributed by atoms with E-state index in [1.165, 1.54) is 36.4 Å². The van der Waals surface area contributed by atoms with Gasteiger partial charge in [-0.1, -0.05) is 42.0 Å². The maximum Gasteiger partial charge on any atom is 0.262 e. The number of carbonyl (C=O) groups is 1. The second-order valence-corrected chi connectivity index (χ2v) is 12.2. The van der Waals surface area contributed by atoms with Crippen molar-refractivity contribution in [1.29, 1.82) is 0 Å². The maximum atomic E-state index is 13.1. The monoisotopic (exact) mass is 549 g/mol. The van der Waals surface area contributed by atoms with Gasteiger partial charge >= 0.3 is 0 Å². The second-order valence-electron chi connectivity index (χ2n) is 8.85. The van der Waals surface area contributed by atoms with E-state index in [0.717, 1.165) is 11.1 Å². The van der Waals surface area contributed by atoms with E-state index in [1.807, 2.05) is 13.0 Å². The number of benzene rings is 4. The Bertz CT molecular complexity index is 1700. The summed E-state index contributed by atoms with van der Waals surface area (Å²) in [5.74, 6) is -0.536. The van der Waals surface area contributed by atoms with Crippen LogP contribution < -0.4 is 14.8 Å². The Hall–Kier alpha value is -4.15. The van der Waals surface area contributed by atoms with Gasteiger partial charge in [0.05, 0.1) is 15.5 Å². The van der Waals surface area contributed by atoms with Crippen LogP contribution in [-0.2, 0) is 20.0 Å². The average molecular weight is 550 g/mol. The Morgan fingerprint density at radius 3 is 1.92 bits per heavy atom. The van der Waals surface area contributed by atoms with E-state index >= 15 is 0 Å². The summed E-state index contributed by atoms with van der Waals surface area (Å²) in [7, 11) is -7.76. The predicted molar refractivity (Wildman–Crippen MR) is 150 cm³/mol. The zero-order chi connectivity index (χ0) is 27.5. The predicted octanol–water partition coefficient (Wildman–Crippen LogP) is 5.47. The number of aryl methyl sites for hydroxylation is 3. The Kier molecular flexibility index (Phi) is 7.56. The molecule has 0 saturated carbocycles. The van der Waals surface area contributed by atoms with Gasteiger partial charge in [-0.25, -0.2) is 16.8 Å². The molecular weight excluding hydrogens is 522 g/mol. The van der Waals surface area contributed by atoms with Crippen LogP contribution in [0.15, 0.2) is 101 Å². The first-order valence-electron chi connectivity index (χ1n) is 11.6. The molecule has 0 aromatic heterocycles. The summed E-state index contributed by atoms with van der Waals surface area (Å²) < 4.78 is 56.6. The molecule has 0 atom stereocenters. The SMILES string of the molecule is Cc1ccc(NS(=O)(=O)c2ccc(NC(=O)c3ccc(C)c(S(=O)(=O)Nc4ccccc4C)c3)cc2)cc1. The smallest absolute Gasteiger partial charge is 0.262 e. The van der Waals surface area contributed by atoms with Crippen molar-refractivity contribution in [2.45, 2.75) is 30.6 Å². The summed E-state index contributed by atoms with van der Waals surface area (Å²) in [5.41, 5.74) is 3.64. The summed E-state index contributed by atoms with van der Waals surface area (Å²) >= 11 is 0. The van der Waals surface area contributed by atoms with Crippen LogP contribution in [0.25, 0.3) is 0 Å². The fourth-order valence-corrected chi connectivity index (χ4v) is 6.14. The highest BCUT2D eigenvalue weighted by Crippen LogP contribution is 2.24. The van der Waals surface area contributed by atoms with Crippen LogP contribution in [0, 0.1) is 20.8 Å². The van der Waals surface area contributed by atoms with Crippen LogP contribution >= 0.6 is 0 Å². The molecule has 8 nitrogen and oxygen atoms in total. The van der Waals surface area contributed by atoms with Gasteiger partial charge in [-0.05, 0) is 86.5 Å². The molecule has 4 aromatic carbocycles. The topological polar surface area (TPSA) is 121 Å². The number of nitrogens with one attached hydrogen (secondary N) is 3. The van der Waals surface area contributed by atoms with Crippen molar-refractivity contribution in [1.82, 2.24) is 0 Å². The molecule has 196 valence electrons. The summed E-state index contributed by atoms with van der Waals surface area (Å²) in [6.45, 7) is 5.35. The van der Waals surface area contributed by atoms with Crippen molar-refractivity contribution >= 4 is 43.0 Å². The second kappa shape index (κ2) is 10.7. The number of hydrogen-bond donors (Lipinski definition) is 3. The average Bonchev–Trinajstić information content (AvgIpc) is 2.87. The lowest BCUT2D eigenvalue weighted by Crippen LogP contribution is -2.17. The summed E-state index contributed by atoms with van der Waals surface area (Å²) in [4.78, 5) is 12.9. The molecule has 4 rings (SSSR count). The van der Waals surface area contributed by atoms with Gasteiger partial charge in [0.15, 0.2) is 0 Å². The number of para-hydroxylation sites is 1. The molecule has 0 aliphatic rings. The van der Waals surface area contributed by atoms with Gasteiger partial charge < -0.3 is 5.32 Å². The molecule has 0 aliphatic heterocycles. The fraction of sp³-hybridized carbons (Fsp3) is 0.107. The van der Waals surface area contributed by atoms with Crippen LogP contribution in [-0.4, -0.2) is 22.7 Å². The number of amides is 1. The standard InChI is InChI=1S/C28H27N3O5S2/c1-19-8-12-24(13-9-19)30-37(33,34)25-16-14-23(15-17-25)29-28(32)22-11-10-21(3)27(18-22)38(35,36)31-26-7-5-4-6-20(26)2/h4-18,30-31H,1-3H3,(H,29,32). The summed E-state index contributed by atoms with van der Waals surface area (Å²) in [6.07, 6.45) is 0. The Morgan fingerprint density at radius 2 is 1.26 bits per heavy atom. The fourth-order valence-electron chi connectivity index (χ4n) is 3.67. The van der Waals surface area contributed by atoms with E-state index < -0.39 is 26.0 Å². The number of rotatable bonds is 8. The van der Waals surface area contributed by atoms with Crippen molar-refractivity contribution in [2.24, 2.45) is 0 Å². The van der Waals surface area contributed by atoms with Crippen molar-refractivity contribution in [3.05, 3.63) is 113 Å². The Morgan fingerprint density at radius 1 is 0.632 bits per heavy atom.